The van der Waals surface area contributed by atoms with E-state index in [0.29, 0.717) is 25.8 Å². The van der Waals surface area contributed by atoms with Crippen LogP contribution in [0.1, 0.15) is 58.9 Å². The maximum absolute atomic E-state index is 17.7. The van der Waals surface area contributed by atoms with Gasteiger partial charge in [0, 0.05) is 48.0 Å². The van der Waals surface area contributed by atoms with Crippen LogP contribution < -0.4 is 19.7 Å². The number of carbonyl (C=O) groups is 2. The number of carbonyl (C=O) groups excluding carboxylic acids is 1. The predicted octanol–water partition coefficient (Wildman–Crippen LogP) is 7.05. The first-order valence-electron chi connectivity index (χ1n) is 19.4. The van der Waals surface area contributed by atoms with Gasteiger partial charge in [0.1, 0.15) is 46.9 Å². The lowest BCUT2D eigenvalue weighted by Gasteiger charge is -2.47. The Hall–Kier alpha value is -5.82. The number of terminal acetylenes is 1. The topological polar surface area (TPSA) is 142 Å². The molecule has 4 fully saturated rings. The molecule has 2 bridgehead atoms. The maximum Gasteiger partial charge on any atom is 0.412 e. The molecule has 5 aliphatic heterocycles. The molecule has 4 saturated heterocycles. The van der Waals surface area contributed by atoms with E-state index >= 15 is 8.78 Å². The normalized spacial score (nSPS) is 26.2. The van der Waals surface area contributed by atoms with Gasteiger partial charge in [-0.2, -0.15) is 9.97 Å². The molecule has 9 rings (SSSR count). The lowest BCUT2D eigenvalue weighted by Crippen LogP contribution is -2.64. The number of aromatic nitrogens is 3. The Balaban J connectivity index is 1.25. The summed E-state index contributed by atoms with van der Waals surface area (Å²) in [5.41, 5.74) is -1.46. The fraction of sp³-hybridized carbons (Fsp3) is 0.452. The smallest absolute Gasteiger partial charge is 0.412 e. The SMILES string of the molecule is C#Cc1cccc2c(F)c(NC(=O)OC(C)(C)C)cc(-c3nc4c5c(nc(OCC67C[C@@H](F)CN6CCC7=C)nc5c3F)N3CC5CCC(C3C(C)O4)N5C(=O)O)c12. The third kappa shape index (κ3) is 5.84. The van der Waals surface area contributed by atoms with Crippen LogP contribution in [0, 0.1) is 24.0 Å². The third-order valence-corrected chi connectivity index (χ3v) is 12.2. The van der Waals surface area contributed by atoms with E-state index in [4.69, 9.17) is 30.6 Å². The molecule has 0 saturated carbocycles. The summed E-state index contributed by atoms with van der Waals surface area (Å²) < 4.78 is 67.2. The Kier molecular flexibility index (Phi) is 8.70. The van der Waals surface area contributed by atoms with E-state index in [1.54, 1.807) is 39.8 Å². The summed E-state index contributed by atoms with van der Waals surface area (Å²) in [6, 6.07) is 4.24. The highest BCUT2D eigenvalue weighted by molar-refractivity contribution is 6.06. The maximum atomic E-state index is 17.7. The number of amides is 2. The molecule has 13 nitrogen and oxygen atoms in total. The minimum atomic E-state index is -1.08. The Bertz CT molecular complexity index is 2490. The van der Waals surface area contributed by atoms with E-state index in [1.807, 2.05) is 9.80 Å². The highest BCUT2D eigenvalue weighted by atomic mass is 19.1. The Morgan fingerprint density at radius 1 is 1.16 bits per heavy atom. The highest BCUT2D eigenvalue weighted by Crippen LogP contribution is 2.48. The molecule has 0 aliphatic carbocycles. The first kappa shape index (κ1) is 37.7. The molecule has 58 heavy (non-hydrogen) atoms. The van der Waals surface area contributed by atoms with Gasteiger partial charge in [-0.15, -0.1) is 6.42 Å². The molecule has 5 aliphatic rings. The number of halogens is 3. The number of benzene rings is 2. The number of piperazine rings is 1. The van der Waals surface area contributed by atoms with Crippen LogP contribution in [0.25, 0.3) is 32.9 Å². The zero-order chi connectivity index (χ0) is 41.0. The number of nitrogens with one attached hydrogen (secondary N) is 1. The van der Waals surface area contributed by atoms with Crippen LogP contribution in [0.4, 0.5) is 34.3 Å². The molecule has 2 aromatic heterocycles. The van der Waals surface area contributed by atoms with Gasteiger partial charge < -0.3 is 24.2 Å². The summed E-state index contributed by atoms with van der Waals surface area (Å²) >= 11 is 0. The molecule has 6 atom stereocenters. The summed E-state index contributed by atoms with van der Waals surface area (Å²) in [5, 5.41) is 13.0. The zero-order valence-electron chi connectivity index (χ0n) is 32.4. The molecule has 7 heterocycles. The van der Waals surface area contributed by atoms with Gasteiger partial charge in [0.2, 0.25) is 5.88 Å². The molecule has 0 spiro atoms. The number of ether oxygens (including phenoxy) is 3. The number of anilines is 2. The summed E-state index contributed by atoms with van der Waals surface area (Å²) in [6.07, 6.45) is 4.21. The fourth-order valence-corrected chi connectivity index (χ4v) is 9.81. The van der Waals surface area contributed by atoms with Crippen molar-refractivity contribution in [2.24, 2.45) is 0 Å². The van der Waals surface area contributed by atoms with Crippen molar-refractivity contribution in [2.45, 2.75) is 94.9 Å². The van der Waals surface area contributed by atoms with Gasteiger partial charge in [-0.3, -0.25) is 15.1 Å². The number of nitrogens with zero attached hydrogens (tertiary/aromatic N) is 6. The van der Waals surface area contributed by atoms with E-state index in [9.17, 15) is 19.1 Å². The highest BCUT2D eigenvalue weighted by Gasteiger charge is 2.54. The minimum Gasteiger partial charge on any atom is -0.472 e. The first-order valence-corrected chi connectivity index (χ1v) is 19.4. The number of pyridine rings is 1. The second-order valence-corrected chi connectivity index (χ2v) is 16.8. The lowest BCUT2D eigenvalue weighted by molar-refractivity contribution is 0.0633. The molecular formula is C42H42F3N7O6. The quantitative estimate of drug-likeness (QED) is 0.159. The second-order valence-electron chi connectivity index (χ2n) is 16.8. The van der Waals surface area contributed by atoms with E-state index in [0.717, 1.165) is 5.57 Å². The van der Waals surface area contributed by atoms with Crippen molar-refractivity contribution in [1.82, 2.24) is 24.8 Å². The summed E-state index contributed by atoms with van der Waals surface area (Å²) in [5.74, 6) is 0.994. The molecular weight excluding hydrogens is 755 g/mol. The number of hydrogen-bond donors (Lipinski definition) is 2. The number of fused-ring (bicyclic) bond motifs is 7. The van der Waals surface area contributed by atoms with Gasteiger partial charge in [0.25, 0.3) is 0 Å². The zero-order valence-corrected chi connectivity index (χ0v) is 32.4. The molecule has 2 amide bonds. The van der Waals surface area contributed by atoms with Crippen molar-refractivity contribution < 1.29 is 42.1 Å². The molecule has 302 valence electrons. The fourth-order valence-electron chi connectivity index (χ4n) is 9.81. The van der Waals surface area contributed by atoms with Crippen molar-refractivity contribution in [1.29, 1.82) is 0 Å². The Morgan fingerprint density at radius 3 is 2.69 bits per heavy atom. The number of carboxylic acid groups (broad SMARTS) is 1. The van der Waals surface area contributed by atoms with Gasteiger partial charge in [-0.25, -0.2) is 27.7 Å². The second kappa shape index (κ2) is 13.4. The van der Waals surface area contributed by atoms with Crippen molar-refractivity contribution in [3.63, 3.8) is 0 Å². The van der Waals surface area contributed by atoms with Gasteiger partial charge in [0.05, 0.1) is 29.4 Å². The standard InChI is InChI=1S/C42H42F3N7O6/c1-7-22-9-8-10-25-29(22)26(15-27(31(25)44)46-39(53)58-41(4,5)6)33-32(45)34-30-36(49-38(48-34)56-19-42-16-23(43)17-50(42)14-13-20(42)2)51-18-24-11-12-28(52(24)40(54)55)35(51)21(3)57-37(30)47-33/h1,8-10,15,21,23-24,28,35H,2,11-14,16-19H2,3-6H3,(H,46,53)(H,54,55)/t21?,23-,24?,28?,35?,42?/m1/s1. The van der Waals surface area contributed by atoms with E-state index < -0.39 is 59.3 Å². The van der Waals surface area contributed by atoms with Crippen molar-refractivity contribution in [2.75, 3.05) is 36.5 Å². The van der Waals surface area contributed by atoms with Crippen molar-refractivity contribution in [3.05, 3.63) is 53.6 Å². The van der Waals surface area contributed by atoms with Gasteiger partial charge in [-0.1, -0.05) is 30.2 Å². The minimum absolute atomic E-state index is 0.0156. The number of alkyl halides is 1. The average Bonchev–Trinajstić information content (AvgIpc) is 3.75. The summed E-state index contributed by atoms with van der Waals surface area (Å²) in [4.78, 5) is 45.1. The van der Waals surface area contributed by atoms with Gasteiger partial charge >= 0.3 is 18.2 Å². The van der Waals surface area contributed by atoms with E-state index in [1.165, 1.54) is 17.0 Å². The van der Waals surface area contributed by atoms with Gasteiger partial charge in [0.15, 0.2) is 11.6 Å². The molecule has 0 radical (unpaired) electrons. The average molecular weight is 798 g/mol. The number of hydrogen-bond acceptors (Lipinski definition) is 10. The van der Waals surface area contributed by atoms with Crippen LogP contribution in [0.5, 0.6) is 11.9 Å². The van der Waals surface area contributed by atoms with Crippen LogP contribution in [0.3, 0.4) is 0 Å². The van der Waals surface area contributed by atoms with Crippen LogP contribution in [-0.2, 0) is 4.74 Å². The molecule has 2 N–H and O–H groups in total. The lowest BCUT2D eigenvalue weighted by atomic mass is 9.90. The largest absolute Gasteiger partial charge is 0.472 e. The summed E-state index contributed by atoms with van der Waals surface area (Å²) in [7, 11) is 0. The first-order chi connectivity index (χ1) is 27.6. The Morgan fingerprint density at radius 2 is 1.95 bits per heavy atom. The molecule has 4 aromatic rings. The van der Waals surface area contributed by atoms with Crippen LogP contribution >= 0.6 is 0 Å². The van der Waals surface area contributed by atoms with Crippen molar-refractivity contribution in [3.8, 4) is 35.5 Å². The van der Waals surface area contributed by atoms with Crippen LogP contribution in [-0.4, -0.2) is 110 Å². The third-order valence-electron chi connectivity index (χ3n) is 12.2. The molecule has 5 unspecified atom stereocenters. The van der Waals surface area contributed by atoms with E-state index in [2.05, 4.69) is 22.8 Å². The monoisotopic (exact) mass is 797 g/mol. The predicted molar refractivity (Wildman–Crippen MR) is 209 cm³/mol. The van der Waals surface area contributed by atoms with E-state index in [-0.39, 0.29) is 94.1 Å². The van der Waals surface area contributed by atoms with Crippen LogP contribution in [0.2, 0.25) is 0 Å². The van der Waals surface area contributed by atoms with Gasteiger partial charge in [-0.05, 0) is 59.1 Å². The van der Waals surface area contributed by atoms with Crippen molar-refractivity contribution >= 4 is 45.4 Å². The number of rotatable bonds is 5. The van der Waals surface area contributed by atoms with Crippen LogP contribution in [0.15, 0.2) is 36.4 Å². The molecule has 16 heteroatoms. The Labute approximate surface area is 332 Å². The molecule has 2 aromatic carbocycles. The summed E-state index contributed by atoms with van der Waals surface area (Å²) in [6.45, 7) is 12.1.